The fourth-order valence-corrected chi connectivity index (χ4v) is 4.54. The number of ether oxygens (including phenoxy) is 2. The molecule has 1 unspecified atom stereocenters. The van der Waals surface area contributed by atoms with Crippen LogP contribution in [0, 0.1) is 0 Å². The molecule has 1 atom stereocenters. The van der Waals surface area contributed by atoms with Crippen molar-refractivity contribution in [2.75, 3.05) is 19.8 Å². The van der Waals surface area contributed by atoms with Gasteiger partial charge in [-0.2, -0.15) is 0 Å². The highest BCUT2D eigenvalue weighted by molar-refractivity contribution is 6.05. The third-order valence-electron chi connectivity index (χ3n) is 6.30. The molecule has 1 fully saturated rings. The molecule has 9 heteroatoms. The Morgan fingerprint density at radius 2 is 1.83 bits per heavy atom. The number of imide groups is 1. The van der Waals surface area contributed by atoms with Crippen molar-refractivity contribution >= 4 is 23.8 Å². The molecule has 198 valence electrons. The second kappa shape index (κ2) is 12.9. The summed E-state index contributed by atoms with van der Waals surface area (Å²) < 4.78 is 11.0. The second-order valence-corrected chi connectivity index (χ2v) is 10.4. The SMILES string of the molecule is CC(C)(C)OC(=O)NCCCCCCOCCCc1cccc2c1CN(C1CCC(=O)NC1=O)C2=O. The topological polar surface area (TPSA) is 114 Å². The van der Waals surface area contributed by atoms with Crippen molar-refractivity contribution in [2.24, 2.45) is 0 Å². The van der Waals surface area contributed by atoms with Crippen LogP contribution in [0.15, 0.2) is 18.2 Å². The van der Waals surface area contributed by atoms with Crippen molar-refractivity contribution in [3.8, 4) is 0 Å². The largest absolute Gasteiger partial charge is 0.444 e. The average Bonchev–Trinajstić information content (AvgIpc) is 3.13. The van der Waals surface area contributed by atoms with Crippen LogP contribution in [0.3, 0.4) is 0 Å². The number of carbonyl (C=O) groups is 4. The molecule has 0 aliphatic carbocycles. The summed E-state index contributed by atoms with van der Waals surface area (Å²) >= 11 is 0. The molecule has 1 aromatic carbocycles. The highest BCUT2D eigenvalue weighted by atomic mass is 16.6. The molecule has 1 saturated heterocycles. The predicted octanol–water partition coefficient (Wildman–Crippen LogP) is 3.48. The number of nitrogens with zero attached hydrogens (tertiary/aromatic N) is 1. The third-order valence-corrected chi connectivity index (χ3v) is 6.30. The summed E-state index contributed by atoms with van der Waals surface area (Å²) in [5.41, 5.74) is 2.26. The molecule has 2 aliphatic rings. The molecular formula is C27H39N3O6. The Balaban J connectivity index is 1.29. The molecular weight excluding hydrogens is 462 g/mol. The van der Waals surface area contributed by atoms with Crippen LogP contribution in [0.2, 0.25) is 0 Å². The van der Waals surface area contributed by atoms with Crippen LogP contribution in [-0.2, 0) is 32.0 Å². The van der Waals surface area contributed by atoms with Crippen LogP contribution in [0.1, 0.15) is 87.2 Å². The molecule has 4 amide bonds. The zero-order valence-corrected chi connectivity index (χ0v) is 21.7. The monoisotopic (exact) mass is 501 g/mol. The van der Waals surface area contributed by atoms with E-state index in [4.69, 9.17) is 9.47 Å². The van der Waals surface area contributed by atoms with Gasteiger partial charge in [-0.1, -0.05) is 25.0 Å². The molecule has 3 rings (SSSR count). The summed E-state index contributed by atoms with van der Waals surface area (Å²) in [5, 5.41) is 5.11. The minimum absolute atomic E-state index is 0.140. The first kappa shape index (κ1) is 27.6. The van der Waals surface area contributed by atoms with Crippen molar-refractivity contribution in [2.45, 2.75) is 90.3 Å². The summed E-state index contributed by atoms with van der Waals surface area (Å²) in [4.78, 5) is 49.8. The number of amides is 4. The molecule has 36 heavy (non-hydrogen) atoms. The number of hydrogen-bond donors (Lipinski definition) is 2. The van der Waals surface area contributed by atoms with E-state index < -0.39 is 11.6 Å². The zero-order valence-electron chi connectivity index (χ0n) is 21.7. The number of hydrogen-bond acceptors (Lipinski definition) is 6. The van der Waals surface area contributed by atoms with E-state index in [2.05, 4.69) is 10.6 Å². The zero-order chi connectivity index (χ0) is 26.1. The van der Waals surface area contributed by atoms with E-state index in [1.54, 1.807) is 4.90 Å². The van der Waals surface area contributed by atoms with Gasteiger partial charge in [-0.05, 0) is 70.1 Å². The lowest BCUT2D eigenvalue weighted by atomic mass is 10.00. The fourth-order valence-electron chi connectivity index (χ4n) is 4.54. The van der Waals surface area contributed by atoms with Gasteiger partial charge in [-0.25, -0.2) is 4.79 Å². The number of benzene rings is 1. The van der Waals surface area contributed by atoms with Gasteiger partial charge in [0, 0.05) is 38.3 Å². The Hall–Kier alpha value is -2.94. The van der Waals surface area contributed by atoms with Gasteiger partial charge in [-0.15, -0.1) is 0 Å². The van der Waals surface area contributed by atoms with Crippen molar-refractivity contribution < 1.29 is 28.7 Å². The van der Waals surface area contributed by atoms with Gasteiger partial charge in [0.25, 0.3) is 5.91 Å². The van der Waals surface area contributed by atoms with Crippen molar-refractivity contribution in [1.82, 2.24) is 15.5 Å². The maximum atomic E-state index is 12.9. The van der Waals surface area contributed by atoms with Crippen LogP contribution in [0.4, 0.5) is 4.79 Å². The quantitative estimate of drug-likeness (QED) is 0.335. The van der Waals surface area contributed by atoms with Crippen LogP contribution >= 0.6 is 0 Å². The van der Waals surface area contributed by atoms with E-state index >= 15 is 0 Å². The highest BCUT2D eigenvalue weighted by Gasteiger charge is 2.39. The van der Waals surface area contributed by atoms with E-state index in [0.717, 1.165) is 49.7 Å². The molecule has 1 aromatic rings. The molecule has 0 spiro atoms. The smallest absolute Gasteiger partial charge is 0.407 e. The van der Waals surface area contributed by atoms with Gasteiger partial charge in [0.2, 0.25) is 11.8 Å². The van der Waals surface area contributed by atoms with E-state index in [1.165, 1.54) is 0 Å². The number of carbonyl (C=O) groups excluding carboxylic acids is 4. The summed E-state index contributed by atoms with van der Waals surface area (Å²) in [5.74, 6) is -0.808. The van der Waals surface area contributed by atoms with Crippen molar-refractivity contribution in [3.05, 3.63) is 34.9 Å². The summed E-state index contributed by atoms with van der Waals surface area (Å²) in [6.07, 6.45) is 5.85. The molecule has 0 saturated carbocycles. The molecule has 0 radical (unpaired) electrons. The molecule has 9 nitrogen and oxygen atoms in total. The van der Waals surface area contributed by atoms with E-state index in [-0.39, 0.29) is 30.2 Å². The minimum atomic E-state index is -0.591. The Morgan fingerprint density at radius 3 is 2.58 bits per heavy atom. The van der Waals surface area contributed by atoms with Crippen molar-refractivity contribution in [3.63, 3.8) is 0 Å². The van der Waals surface area contributed by atoms with E-state index in [0.29, 0.717) is 38.3 Å². The van der Waals surface area contributed by atoms with Crippen LogP contribution in [0.25, 0.3) is 0 Å². The molecule has 2 N–H and O–H groups in total. The summed E-state index contributed by atoms with van der Waals surface area (Å²) in [6.45, 7) is 7.90. The Labute approximate surface area is 213 Å². The molecule has 0 bridgehead atoms. The summed E-state index contributed by atoms with van der Waals surface area (Å²) in [7, 11) is 0. The van der Waals surface area contributed by atoms with E-state index in [1.807, 2.05) is 39.0 Å². The van der Waals surface area contributed by atoms with Gasteiger partial charge in [-0.3, -0.25) is 19.7 Å². The normalized spacial score (nSPS) is 17.7. The highest BCUT2D eigenvalue weighted by Crippen LogP contribution is 2.30. The Morgan fingerprint density at radius 1 is 1.08 bits per heavy atom. The van der Waals surface area contributed by atoms with Crippen molar-refractivity contribution in [1.29, 1.82) is 0 Å². The number of aryl methyl sites for hydroxylation is 1. The number of alkyl carbamates (subject to hydrolysis) is 1. The first-order chi connectivity index (χ1) is 17.2. The number of nitrogens with one attached hydrogen (secondary N) is 2. The first-order valence-electron chi connectivity index (χ1n) is 13.0. The second-order valence-electron chi connectivity index (χ2n) is 10.4. The number of rotatable bonds is 12. The van der Waals surface area contributed by atoms with E-state index in [9.17, 15) is 19.2 Å². The van der Waals surface area contributed by atoms with Crippen LogP contribution in [0.5, 0.6) is 0 Å². The van der Waals surface area contributed by atoms with Gasteiger partial charge in [0.15, 0.2) is 0 Å². The van der Waals surface area contributed by atoms with Gasteiger partial charge in [0.05, 0.1) is 0 Å². The first-order valence-corrected chi connectivity index (χ1v) is 13.0. The lowest BCUT2D eigenvalue weighted by Gasteiger charge is -2.29. The lowest BCUT2D eigenvalue weighted by Crippen LogP contribution is -2.52. The number of piperidine rings is 1. The maximum Gasteiger partial charge on any atom is 0.407 e. The standard InChI is InChI=1S/C27H39N3O6/c1-27(2,3)36-26(34)28-15-6-4-5-7-16-35-17-9-11-19-10-8-12-20-21(19)18-30(25(20)33)22-13-14-23(31)29-24(22)32/h8,10,12,22H,4-7,9,11,13-18H2,1-3H3,(H,28,34)(H,29,31,32). The van der Waals surface area contributed by atoms with Crippen LogP contribution < -0.4 is 10.6 Å². The van der Waals surface area contributed by atoms with Gasteiger partial charge >= 0.3 is 6.09 Å². The summed E-state index contributed by atoms with van der Waals surface area (Å²) in [6, 6.07) is 5.14. The third kappa shape index (κ3) is 8.05. The minimum Gasteiger partial charge on any atom is -0.444 e. The van der Waals surface area contributed by atoms with Gasteiger partial charge in [0.1, 0.15) is 11.6 Å². The molecule has 2 aliphatic heterocycles. The number of unbranched alkanes of at least 4 members (excludes halogenated alkanes) is 3. The maximum absolute atomic E-state index is 12.9. The molecule has 2 heterocycles. The number of fused-ring (bicyclic) bond motifs is 1. The molecule has 0 aromatic heterocycles. The van der Waals surface area contributed by atoms with Gasteiger partial charge < -0.3 is 19.7 Å². The van der Waals surface area contributed by atoms with Crippen LogP contribution in [-0.4, -0.2) is 60.1 Å². The fraction of sp³-hybridized carbons (Fsp3) is 0.630. The lowest BCUT2D eigenvalue weighted by molar-refractivity contribution is -0.136. The Bertz CT molecular complexity index is 955. The predicted molar refractivity (Wildman–Crippen MR) is 134 cm³/mol. The average molecular weight is 502 g/mol. The Kier molecular flexibility index (Phi) is 9.87.